The Hall–Kier alpha value is -14.3. The molecule has 14 aromatic rings. The summed E-state index contributed by atoms with van der Waals surface area (Å²) in [7, 11) is 0. The van der Waals surface area contributed by atoms with Crippen LogP contribution < -0.4 is 62.3 Å². The average molecular weight is 1470 g/mol. The minimum absolute atomic E-state index is 0.271. The monoisotopic (exact) mass is 1470 g/mol. The van der Waals surface area contributed by atoms with Crippen molar-refractivity contribution in [3.8, 4) is 33.4 Å². The van der Waals surface area contributed by atoms with Crippen LogP contribution >= 0.6 is 0 Å². The summed E-state index contributed by atoms with van der Waals surface area (Å²) in [6.45, 7) is 1.89. The van der Waals surface area contributed by atoms with Crippen LogP contribution in [0.1, 0.15) is 44.5 Å². The molecule has 0 fully saturated rings. The largest absolute Gasteiger partial charge is 0.389 e. The Bertz CT molecular complexity index is 6020. The van der Waals surface area contributed by atoms with Crippen molar-refractivity contribution in [2.75, 3.05) is 24.1 Å². The summed E-state index contributed by atoms with van der Waals surface area (Å²) in [5.41, 5.74) is 37.2. The van der Waals surface area contributed by atoms with Crippen molar-refractivity contribution in [3.63, 3.8) is 0 Å². The van der Waals surface area contributed by atoms with Gasteiger partial charge in [-0.1, -0.05) is 358 Å². The molecule has 12 aliphatic rings. The molecule has 0 saturated carbocycles. The lowest BCUT2D eigenvalue weighted by Crippen LogP contribution is -2.59. The standard InChI is InChI=1S/2C20H14BN.4C16H12BN/c1-5-11-19-15(7-1)13-14-21-18-10-4-2-8-16(18)17-9-3-6-12-20(17)22(19)21;1-4-10-18-15(7-1)13-14-22-20-12-6-3-9-17(20)16-8-2-5-11-19(16)21(18)22;1-3-9-15-13(7-1)14-8-2-4-10-16(14)18-12-6-5-11-17(15)18;1-3-7-15-13(5-1)10-12-18-16-8-4-2-6-14(16)9-11-17(15)18;1-3-7-15-13(5-1)9-11-18-12-10-14-6-2-4-8-16(14)17(15)18;1-3-7-15-13(5-1)9-11-17-12-10-14-6-2-4-8-16(14)18(15)17/h2*1-14H;4*1-12H. The van der Waals surface area contributed by atoms with E-state index < -0.39 is 0 Å². The van der Waals surface area contributed by atoms with Crippen molar-refractivity contribution in [2.45, 2.75) is 0 Å². The van der Waals surface area contributed by atoms with Crippen molar-refractivity contribution in [2.24, 2.45) is 0 Å². The number of allylic oxidation sites excluding steroid dienone is 2. The molecule has 0 amide bonds. The number of hydrogen-bond acceptors (Lipinski definition) is 6. The number of para-hydroxylation sites is 7. The molecule has 0 N–H and O–H groups in total. The third-order valence-corrected chi connectivity index (χ3v) is 24.2. The van der Waals surface area contributed by atoms with Crippen LogP contribution in [0.25, 0.3) is 82.0 Å². The van der Waals surface area contributed by atoms with Crippen LogP contribution in [-0.2, 0) is 0 Å². The Morgan fingerprint density at radius 1 is 0.172 bits per heavy atom. The van der Waals surface area contributed by atoms with Gasteiger partial charge in [0.1, 0.15) is 0 Å². The highest BCUT2D eigenvalue weighted by Crippen LogP contribution is 2.45. The lowest BCUT2D eigenvalue weighted by molar-refractivity contribution is 0.804. The SMILES string of the molecule is C1=CB2c3ccccc3-c3ccccc3N2C=C1.C1=CN2B(c3ccccc31)c1ccccc1-c1ccccc12.C1=CN2C=Cc3ccccc3B2c2ccccc21.C1=Cc2ccccc2N2B1C=Cc1ccccc12.C1=Cc2ccccc2N2B1c1ccccc1-c1ccccc12.C1=Cc2ccccc2N2C=Cc3ccccc3B12. The molecular weight excluding hydrogens is 1400 g/mol. The van der Waals surface area contributed by atoms with E-state index in [1.807, 2.05) is 0 Å². The molecule has 0 radical (unpaired) electrons. The zero-order valence-electron chi connectivity index (χ0n) is 64.0. The minimum atomic E-state index is 0.271. The second-order valence-corrected chi connectivity index (χ2v) is 30.5. The molecule has 0 bridgehead atoms. The van der Waals surface area contributed by atoms with Gasteiger partial charge in [0, 0.05) is 56.5 Å². The summed E-state index contributed by atoms with van der Waals surface area (Å²) in [4.78, 5) is 14.2. The molecule has 0 aliphatic carbocycles. The molecule has 540 valence electrons. The second-order valence-electron chi connectivity index (χ2n) is 30.5. The van der Waals surface area contributed by atoms with Gasteiger partial charge in [-0.15, -0.1) is 0 Å². The van der Waals surface area contributed by atoms with Crippen molar-refractivity contribution >= 4 is 168 Å². The number of benzene rings is 14. The van der Waals surface area contributed by atoms with E-state index >= 15 is 0 Å². The molecule has 116 heavy (non-hydrogen) atoms. The molecule has 0 atom stereocenters. The molecule has 12 heteroatoms. The first-order valence-corrected chi connectivity index (χ1v) is 40.4. The first-order chi connectivity index (χ1) is 57.6. The van der Waals surface area contributed by atoms with Gasteiger partial charge in [-0.25, -0.2) is 0 Å². The molecule has 0 unspecified atom stereocenters. The van der Waals surface area contributed by atoms with Crippen molar-refractivity contribution < 1.29 is 0 Å². The summed E-state index contributed by atoms with van der Waals surface area (Å²) < 4.78 is 0. The normalized spacial score (nSPS) is 14.7. The summed E-state index contributed by atoms with van der Waals surface area (Å²) >= 11 is 0. The van der Waals surface area contributed by atoms with Gasteiger partial charge in [-0.3, -0.25) is 0 Å². The van der Waals surface area contributed by atoms with E-state index in [1.165, 1.54) is 156 Å². The predicted octanol–water partition coefficient (Wildman–Crippen LogP) is 19.5. The molecule has 14 aromatic carbocycles. The predicted molar refractivity (Wildman–Crippen MR) is 503 cm³/mol. The van der Waals surface area contributed by atoms with E-state index in [1.54, 1.807) is 0 Å². The highest BCUT2D eigenvalue weighted by molar-refractivity contribution is 6.91. The van der Waals surface area contributed by atoms with E-state index in [4.69, 9.17) is 0 Å². The number of anilines is 7. The third-order valence-electron chi connectivity index (χ3n) is 24.2. The van der Waals surface area contributed by atoms with Gasteiger partial charge in [0.25, 0.3) is 0 Å². The van der Waals surface area contributed by atoms with Gasteiger partial charge in [0.2, 0.25) is 0 Å². The molecule has 12 heterocycles. The molecular formula is C104H76B6N6. The van der Waals surface area contributed by atoms with Gasteiger partial charge < -0.3 is 28.9 Å². The van der Waals surface area contributed by atoms with Crippen LogP contribution in [0.15, 0.2) is 413 Å². The molecule has 26 rings (SSSR count). The summed E-state index contributed by atoms with van der Waals surface area (Å²) in [6.07, 6.45) is 32.8. The van der Waals surface area contributed by atoms with Gasteiger partial charge >= 0.3 is 41.1 Å². The Kier molecular flexibility index (Phi) is 18.2. The Morgan fingerprint density at radius 2 is 0.491 bits per heavy atom. The van der Waals surface area contributed by atoms with Crippen LogP contribution in [0.4, 0.5) is 39.8 Å². The zero-order chi connectivity index (χ0) is 76.8. The summed E-state index contributed by atoms with van der Waals surface area (Å²) in [5.74, 6) is 11.4. The maximum Gasteiger partial charge on any atom is 0.328 e. The first-order valence-electron chi connectivity index (χ1n) is 40.4. The van der Waals surface area contributed by atoms with Gasteiger partial charge in [-0.2, -0.15) is 0 Å². The van der Waals surface area contributed by atoms with E-state index in [2.05, 4.69) is 490 Å². The van der Waals surface area contributed by atoms with Crippen molar-refractivity contribution in [1.29, 1.82) is 0 Å². The Labute approximate surface area is 682 Å². The zero-order valence-corrected chi connectivity index (χ0v) is 64.0. The Morgan fingerprint density at radius 3 is 1.03 bits per heavy atom. The number of hydrogen-bond donors (Lipinski definition) is 0. The second kappa shape index (κ2) is 30.3. The molecule has 12 aliphatic heterocycles. The average Bonchev–Trinajstić information content (AvgIpc) is 0.739. The summed E-state index contributed by atoms with van der Waals surface area (Å²) in [5, 5.41) is 0. The highest BCUT2D eigenvalue weighted by atomic mass is 15.1. The van der Waals surface area contributed by atoms with Crippen LogP contribution in [0, 0.1) is 0 Å². The maximum absolute atomic E-state index is 2.47. The number of nitrogens with zero attached hydrogens (tertiary/aromatic N) is 6. The van der Waals surface area contributed by atoms with E-state index in [9.17, 15) is 0 Å². The van der Waals surface area contributed by atoms with Gasteiger partial charge in [-0.05, 0) is 203 Å². The molecule has 0 saturated heterocycles. The smallest absolute Gasteiger partial charge is 0.328 e. The minimum Gasteiger partial charge on any atom is -0.389 e. The highest BCUT2D eigenvalue weighted by Gasteiger charge is 2.40. The maximum atomic E-state index is 2.47. The topological polar surface area (TPSA) is 19.4 Å². The van der Waals surface area contributed by atoms with E-state index in [0.29, 0.717) is 27.4 Å². The molecule has 6 nitrogen and oxygen atoms in total. The van der Waals surface area contributed by atoms with Crippen LogP contribution in [0.5, 0.6) is 0 Å². The van der Waals surface area contributed by atoms with E-state index in [0.717, 1.165) is 0 Å². The fraction of sp³-hybridized carbons (Fsp3) is 0. The number of fused-ring (bicyclic) bond motifs is 37. The van der Waals surface area contributed by atoms with Gasteiger partial charge in [0.05, 0.1) is 0 Å². The molecule has 0 spiro atoms. The van der Waals surface area contributed by atoms with Crippen LogP contribution in [-0.4, -0.2) is 45.9 Å². The number of rotatable bonds is 0. The van der Waals surface area contributed by atoms with Gasteiger partial charge in [0.15, 0.2) is 0 Å². The molecule has 0 aromatic heterocycles. The fourth-order valence-electron chi connectivity index (χ4n) is 18.8. The Balaban J connectivity index is 0.0000000872. The quantitative estimate of drug-likeness (QED) is 0.140. The lowest BCUT2D eigenvalue weighted by Gasteiger charge is -2.40. The van der Waals surface area contributed by atoms with E-state index in [-0.39, 0.29) is 13.7 Å². The van der Waals surface area contributed by atoms with Crippen molar-refractivity contribution in [1.82, 2.24) is 4.81 Å². The third kappa shape index (κ3) is 12.5. The summed E-state index contributed by atoms with van der Waals surface area (Å²) in [6, 6.07) is 121. The van der Waals surface area contributed by atoms with Crippen LogP contribution in [0.2, 0.25) is 0 Å². The fourth-order valence-corrected chi connectivity index (χ4v) is 18.8. The first kappa shape index (κ1) is 69.6. The van der Waals surface area contributed by atoms with Crippen LogP contribution in [0.3, 0.4) is 0 Å². The van der Waals surface area contributed by atoms with Crippen molar-refractivity contribution in [3.05, 3.63) is 457 Å². The lowest BCUT2D eigenvalue weighted by atomic mass is 9.44.